The molecule has 3 unspecified atom stereocenters. The highest BCUT2D eigenvalue weighted by molar-refractivity contribution is 5.94. The van der Waals surface area contributed by atoms with Gasteiger partial charge in [0.05, 0.1) is 30.2 Å². The second kappa shape index (κ2) is 10.6. The number of amides is 3. The van der Waals surface area contributed by atoms with Gasteiger partial charge in [-0.1, -0.05) is 42.5 Å². The number of nitrogens with zero attached hydrogens (tertiary/aromatic N) is 2. The van der Waals surface area contributed by atoms with Crippen LogP contribution >= 0.6 is 0 Å². The van der Waals surface area contributed by atoms with Gasteiger partial charge in [0.2, 0.25) is 17.7 Å². The van der Waals surface area contributed by atoms with Crippen molar-refractivity contribution >= 4 is 17.7 Å². The molecule has 0 aromatic heterocycles. The van der Waals surface area contributed by atoms with Gasteiger partial charge in [0.25, 0.3) is 0 Å². The average Bonchev–Trinajstić information content (AvgIpc) is 2.88. The summed E-state index contributed by atoms with van der Waals surface area (Å²) in [7, 11) is 1.73. The molecule has 1 spiro atoms. The second-order valence-corrected chi connectivity index (χ2v) is 10.6. The maximum Gasteiger partial charge on any atom is 0.247 e. The zero-order chi connectivity index (χ0) is 26.8. The Morgan fingerprint density at radius 2 is 1.86 bits per heavy atom. The van der Waals surface area contributed by atoms with E-state index in [2.05, 4.69) is 5.32 Å². The largest absolute Gasteiger partial charge is 0.374 e. The Kier molecular flexibility index (Phi) is 7.66. The zero-order valence-corrected chi connectivity index (χ0v) is 21.6. The molecule has 0 bridgehead atoms. The molecule has 2 saturated heterocycles. The predicted molar refractivity (Wildman–Crippen MR) is 136 cm³/mol. The maximum absolute atomic E-state index is 13.7. The number of hydrogen-bond donors (Lipinski definition) is 2. The van der Waals surface area contributed by atoms with Crippen LogP contribution in [-0.2, 0) is 25.7 Å². The molecule has 0 aliphatic carbocycles. The van der Waals surface area contributed by atoms with Crippen LogP contribution in [0.1, 0.15) is 43.9 Å². The van der Waals surface area contributed by atoms with Crippen LogP contribution in [-0.4, -0.2) is 65.8 Å². The van der Waals surface area contributed by atoms with Crippen LogP contribution in [0, 0.1) is 11.2 Å². The average molecular weight is 511 g/mol. The molecule has 3 atom stereocenters. The van der Waals surface area contributed by atoms with E-state index in [1.54, 1.807) is 42.8 Å². The Balaban J connectivity index is 1.52. The third kappa shape index (κ3) is 5.52. The van der Waals surface area contributed by atoms with Crippen molar-refractivity contribution in [3.63, 3.8) is 0 Å². The summed E-state index contributed by atoms with van der Waals surface area (Å²) in [6.07, 6.45) is 1.26. The van der Waals surface area contributed by atoms with Gasteiger partial charge in [-0.2, -0.15) is 0 Å². The monoisotopic (exact) mass is 510 g/mol. The predicted octanol–water partition coefficient (Wildman–Crippen LogP) is 2.39. The van der Waals surface area contributed by atoms with E-state index in [9.17, 15) is 18.8 Å². The molecule has 2 fully saturated rings. The molecule has 2 aromatic carbocycles. The lowest BCUT2D eigenvalue weighted by molar-refractivity contribution is -0.179. The molecule has 2 aromatic rings. The Bertz CT molecular complexity index is 1140. The summed E-state index contributed by atoms with van der Waals surface area (Å²) in [4.78, 5) is 42.9. The number of nitrogens with two attached hydrogens (primary N) is 1. The Labute approximate surface area is 216 Å². The van der Waals surface area contributed by atoms with Crippen molar-refractivity contribution < 1.29 is 23.5 Å². The highest BCUT2D eigenvalue weighted by Crippen LogP contribution is 2.54. The molecule has 198 valence electrons. The zero-order valence-electron chi connectivity index (χ0n) is 21.6. The van der Waals surface area contributed by atoms with Crippen molar-refractivity contribution in [2.45, 2.75) is 50.9 Å². The van der Waals surface area contributed by atoms with E-state index in [0.717, 1.165) is 11.1 Å². The molecule has 4 rings (SSSR count). The lowest BCUT2D eigenvalue weighted by Gasteiger charge is -2.58. The molecule has 0 radical (unpaired) electrons. The molecular formula is C28H35FN4O4. The number of carbonyl (C=O) groups excluding carboxylic acids is 3. The van der Waals surface area contributed by atoms with Gasteiger partial charge in [-0.15, -0.1) is 0 Å². The van der Waals surface area contributed by atoms with Gasteiger partial charge in [0.1, 0.15) is 11.9 Å². The molecular weight excluding hydrogens is 475 g/mol. The number of rotatable bonds is 8. The van der Waals surface area contributed by atoms with E-state index in [4.69, 9.17) is 10.5 Å². The maximum atomic E-state index is 13.7. The van der Waals surface area contributed by atoms with Crippen LogP contribution < -0.4 is 11.1 Å². The standard InChI is InChI=1S/C28H35FN4O4/c1-27(2,30)25(35)31-22(17-37-16-19-8-5-4-6-9-19)24(34)33-15-7-14-28(18-33)23(32(3)26(28)36)20-10-12-21(29)13-11-20/h4-6,8-13,22-23H,7,14-18,30H2,1-3H3,(H,31,35). The Morgan fingerprint density at radius 1 is 1.19 bits per heavy atom. The SMILES string of the molecule is CN1C(=O)C2(CCCN(C(=O)C(COCc3ccccc3)NC(=O)C(C)(C)N)C2)C1c1ccc(F)cc1. The number of β-lactam (4-membered cyclic amide) rings is 1. The third-order valence-corrected chi connectivity index (χ3v) is 7.26. The fraction of sp³-hybridized carbons (Fsp3) is 0.464. The first-order valence-corrected chi connectivity index (χ1v) is 12.6. The molecule has 0 saturated carbocycles. The minimum Gasteiger partial charge on any atom is -0.374 e. The Hall–Kier alpha value is -3.30. The summed E-state index contributed by atoms with van der Waals surface area (Å²) in [5, 5.41) is 2.76. The van der Waals surface area contributed by atoms with E-state index in [0.29, 0.717) is 19.4 Å². The number of benzene rings is 2. The number of likely N-dealkylation sites (tertiary alicyclic amines) is 2. The number of piperidine rings is 1. The summed E-state index contributed by atoms with van der Waals surface area (Å²) >= 11 is 0. The summed E-state index contributed by atoms with van der Waals surface area (Å²) in [5.41, 5.74) is 5.79. The molecule has 3 amide bonds. The normalized spacial score (nSPS) is 22.5. The fourth-order valence-electron chi connectivity index (χ4n) is 5.36. The van der Waals surface area contributed by atoms with E-state index in [1.807, 2.05) is 30.3 Å². The smallest absolute Gasteiger partial charge is 0.247 e. The second-order valence-electron chi connectivity index (χ2n) is 10.6. The van der Waals surface area contributed by atoms with Crippen molar-refractivity contribution in [3.8, 4) is 0 Å². The third-order valence-electron chi connectivity index (χ3n) is 7.26. The topological polar surface area (TPSA) is 105 Å². The highest BCUT2D eigenvalue weighted by atomic mass is 19.1. The van der Waals surface area contributed by atoms with Crippen LogP contribution in [0.25, 0.3) is 0 Å². The lowest BCUT2D eigenvalue weighted by atomic mass is 9.63. The van der Waals surface area contributed by atoms with Crippen molar-refractivity contribution in [3.05, 3.63) is 71.5 Å². The number of hydrogen-bond acceptors (Lipinski definition) is 5. The first kappa shape index (κ1) is 26.8. The van der Waals surface area contributed by atoms with Crippen LogP contribution in [0.15, 0.2) is 54.6 Å². The molecule has 8 nitrogen and oxygen atoms in total. The van der Waals surface area contributed by atoms with Crippen molar-refractivity contribution in [1.82, 2.24) is 15.1 Å². The van der Waals surface area contributed by atoms with Crippen LogP contribution in [0.3, 0.4) is 0 Å². The van der Waals surface area contributed by atoms with Gasteiger partial charge < -0.3 is 25.6 Å². The molecule has 2 heterocycles. The lowest BCUT2D eigenvalue weighted by Crippen LogP contribution is -2.68. The van der Waals surface area contributed by atoms with E-state index >= 15 is 0 Å². The molecule has 2 aliphatic heterocycles. The summed E-state index contributed by atoms with van der Waals surface area (Å²) in [6, 6.07) is 14.5. The van der Waals surface area contributed by atoms with E-state index < -0.39 is 22.9 Å². The van der Waals surface area contributed by atoms with E-state index in [-0.39, 0.29) is 43.4 Å². The summed E-state index contributed by atoms with van der Waals surface area (Å²) in [6.45, 7) is 4.07. The summed E-state index contributed by atoms with van der Waals surface area (Å²) < 4.78 is 19.4. The van der Waals surface area contributed by atoms with Gasteiger partial charge >= 0.3 is 0 Å². The molecule has 37 heavy (non-hydrogen) atoms. The number of halogens is 1. The number of nitrogens with one attached hydrogen (secondary N) is 1. The highest BCUT2D eigenvalue weighted by Gasteiger charge is 2.61. The van der Waals surface area contributed by atoms with Crippen molar-refractivity contribution in [2.24, 2.45) is 11.1 Å². The Morgan fingerprint density at radius 3 is 2.51 bits per heavy atom. The molecule has 9 heteroatoms. The molecule has 2 aliphatic rings. The van der Waals surface area contributed by atoms with Crippen LogP contribution in [0.4, 0.5) is 4.39 Å². The van der Waals surface area contributed by atoms with Crippen LogP contribution in [0.2, 0.25) is 0 Å². The van der Waals surface area contributed by atoms with Crippen molar-refractivity contribution in [2.75, 3.05) is 26.7 Å². The minimum absolute atomic E-state index is 0.0334. The van der Waals surface area contributed by atoms with Gasteiger partial charge in [0.15, 0.2) is 0 Å². The van der Waals surface area contributed by atoms with E-state index in [1.165, 1.54) is 12.1 Å². The van der Waals surface area contributed by atoms with Gasteiger partial charge in [-0.3, -0.25) is 14.4 Å². The van der Waals surface area contributed by atoms with Crippen LogP contribution in [0.5, 0.6) is 0 Å². The fourth-order valence-corrected chi connectivity index (χ4v) is 5.36. The summed E-state index contributed by atoms with van der Waals surface area (Å²) in [5.74, 6) is -1.17. The molecule has 3 N–H and O–H groups in total. The van der Waals surface area contributed by atoms with Crippen molar-refractivity contribution in [1.29, 1.82) is 0 Å². The van der Waals surface area contributed by atoms with Gasteiger partial charge in [-0.05, 0) is 49.9 Å². The first-order chi connectivity index (χ1) is 17.5. The first-order valence-electron chi connectivity index (χ1n) is 12.6. The number of carbonyl (C=O) groups is 3. The number of ether oxygens (including phenoxy) is 1. The quantitative estimate of drug-likeness (QED) is 0.531. The van der Waals surface area contributed by atoms with Gasteiger partial charge in [-0.25, -0.2) is 4.39 Å². The van der Waals surface area contributed by atoms with Gasteiger partial charge in [0, 0.05) is 20.1 Å². The minimum atomic E-state index is -1.18.